The summed E-state index contributed by atoms with van der Waals surface area (Å²) in [6.07, 6.45) is 3.88. The van der Waals surface area contributed by atoms with Crippen LogP contribution in [0.4, 0.5) is 8.78 Å². The van der Waals surface area contributed by atoms with E-state index in [1.807, 2.05) is 25.1 Å². The number of pyridine rings is 2. The van der Waals surface area contributed by atoms with Crippen molar-refractivity contribution in [1.29, 1.82) is 5.41 Å². The van der Waals surface area contributed by atoms with Crippen LogP contribution in [0.15, 0.2) is 41.2 Å². The first-order valence-corrected chi connectivity index (χ1v) is 12.5. The van der Waals surface area contributed by atoms with Gasteiger partial charge >= 0.3 is 0 Å². The van der Waals surface area contributed by atoms with Crippen molar-refractivity contribution >= 4 is 29.0 Å². The molecule has 10 heteroatoms. The highest BCUT2D eigenvalue weighted by molar-refractivity contribution is 5.97. The van der Waals surface area contributed by atoms with Gasteiger partial charge in [0.1, 0.15) is 12.1 Å². The van der Waals surface area contributed by atoms with Gasteiger partial charge in [-0.25, -0.2) is 13.8 Å². The van der Waals surface area contributed by atoms with Crippen molar-refractivity contribution < 1.29 is 23.0 Å². The first-order chi connectivity index (χ1) is 18.8. The Hall–Kier alpha value is -4.57. The third-order valence-electron chi connectivity index (χ3n) is 7.77. The first-order valence-electron chi connectivity index (χ1n) is 12.5. The average Bonchev–Trinajstić information content (AvgIpc) is 3.54. The molecule has 0 unspecified atom stereocenters. The minimum Gasteiger partial charge on any atom is -0.474 e. The van der Waals surface area contributed by atoms with Gasteiger partial charge in [0.2, 0.25) is 12.7 Å². The SMILES string of the molecule is CC[C@@]1(N)C(=N)OCc2c1cc1n(c2=O)Cc2c-1nc1cc3c(cc1c2/C=C/c1ccc(F)c(F)c1)OCO3. The molecule has 2 aromatic heterocycles. The smallest absolute Gasteiger partial charge is 0.258 e. The fourth-order valence-electron chi connectivity index (χ4n) is 5.56. The Balaban J connectivity index is 1.48. The lowest BCUT2D eigenvalue weighted by molar-refractivity contribution is 0.174. The number of aromatic nitrogens is 2. The van der Waals surface area contributed by atoms with Crippen molar-refractivity contribution in [1.82, 2.24) is 9.55 Å². The molecule has 196 valence electrons. The van der Waals surface area contributed by atoms with Crippen LogP contribution in [0, 0.1) is 17.0 Å². The zero-order valence-electron chi connectivity index (χ0n) is 20.8. The van der Waals surface area contributed by atoms with Crippen LogP contribution < -0.4 is 20.8 Å². The topological polar surface area (TPSA) is 112 Å². The molecule has 0 spiro atoms. The maximum atomic E-state index is 13.9. The summed E-state index contributed by atoms with van der Waals surface area (Å²) in [5.41, 5.74) is 9.96. The summed E-state index contributed by atoms with van der Waals surface area (Å²) >= 11 is 0. The van der Waals surface area contributed by atoms with E-state index in [2.05, 4.69) is 0 Å². The van der Waals surface area contributed by atoms with Gasteiger partial charge in [-0.3, -0.25) is 10.2 Å². The van der Waals surface area contributed by atoms with E-state index in [0.717, 1.165) is 28.6 Å². The summed E-state index contributed by atoms with van der Waals surface area (Å²) < 4.78 is 45.7. The Morgan fingerprint density at radius 3 is 2.64 bits per heavy atom. The second kappa shape index (κ2) is 8.21. The van der Waals surface area contributed by atoms with Crippen molar-refractivity contribution in [2.24, 2.45) is 5.73 Å². The quantitative estimate of drug-likeness (QED) is 0.352. The monoisotopic (exact) mass is 528 g/mol. The van der Waals surface area contributed by atoms with Crippen LogP contribution in [0.25, 0.3) is 34.4 Å². The molecule has 3 aliphatic rings. The van der Waals surface area contributed by atoms with Crippen LogP contribution in [0.1, 0.15) is 41.2 Å². The third-order valence-corrected chi connectivity index (χ3v) is 7.77. The first kappa shape index (κ1) is 23.5. The number of nitrogens with zero attached hydrogens (tertiary/aromatic N) is 2. The van der Waals surface area contributed by atoms with Gasteiger partial charge in [0.25, 0.3) is 5.56 Å². The van der Waals surface area contributed by atoms with Crippen molar-refractivity contribution in [3.05, 3.63) is 86.2 Å². The van der Waals surface area contributed by atoms with Crippen LogP contribution in [-0.4, -0.2) is 22.2 Å². The van der Waals surface area contributed by atoms with Crippen LogP contribution in [0.3, 0.4) is 0 Å². The summed E-state index contributed by atoms with van der Waals surface area (Å²) in [5.74, 6) is -0.808. The van der Waals surface area contributed by atoms with Gasteiger partial charge < -0.3 is 24.5 Å². The van der Waals surface area contributed by atoms with E-state index in [1.165, 1.54) is 6.07 Å². The lowest BCUT2D eigenvalue weighted by Gasteiger charge is -2.35. The van der Waals surface area contributed by atoms with E-state index >= 15 is 0 Å². The highest BCUT2D eigenvalue weighted by atomic mass is 19.2. The van der Waals surface area contributed by atoms with Crippen molar-refractivity contribution in [2.75, 3.05) is 6.79 Å². The molecule has 0 fully saturated rings. The molecule has 0 radical (unpaired) electrons. The molecule has 0 saturated heterocycles. The van der Waals surface area contributed by atoms with Crippen molar-refractivity contribution in [3.8, 4) is 22.9 Å². The molecule has 1 atom stereocenters. The highest BCUT2D eigenvalue weighted by Gasteiger charge is 2.41. The molecule has 0 aliphatic carbocycles. The number of ether oxygens (including phenoxy) is 3. The number of hydrogen-bond acceptors (Lipinski definition) is 7. The summed E-state index contributed by atoms with van der Waals surface area (Å²) in [6.45, 7) is 2.16. The second-order valence-corrected chi connectivity index (χ2v) is 9.84. The Kier molecular flexibility index (Phi) is 4.96. The van der Waals surface area contributed by atoms with E-state index in [9.17, 15) is 13.6 Å². The molecular formula is C29H22F2N4O4. The van der Waals surface area contributed by atoms with Gasteiger partial charge in [-0.2, -0.15) is 0 Å². The molecule has 3 aliphatic heterocycles. The van der Waals surface area contributed by atoms with E-state index in [0.29, 0.717) is 51.5 Å². The number of nitrogens with two attached hydrogens (primary N) is 1. The molecule has 8 nitrogen and oxygen atoms in total. The number of rotatable bonds is 3. The zero-order valence-corrected chi connectivity index (χ0v) is 20.8. The molecule has 0 bridgehead atoms. The largest absolute Gasteiger partial charge is 0.474 e. The lowest BCUT2D eigenvalue weighted by atomic mass is 9.83. The zero-order chi connectivity index (χ0) is 27.1. The van der Waals surface area contributed by atoms with Gasteiger partial charge in [-0.15, -0.1) is 0 Å². The number of halogens is 2. The predicted octanol–water partition coefficient (Wildman–Crippen LogP) is 4.67. The molecule has 0 amide bonds. The highest BCUT2D eigenvalue weighted by Crippen LogP contribution is 2.43. The minimum absolute atomic E-state index is 0.0255. The van der Waals surface area contributed by atoms with Crippen molar-refractivity contribution in [2.45, 2.75) is 32.0 Å². The molecule has 0 saturated carbocycles. The van der Waals surface area contributed by atoms with Gasteiger partial charge in [-0.05, 0) is 47.4 Å². The fraction of sp³-hybridized carbons (Fsp3) is 0.207. The number of fused-ring (bicyclic) bond motifs is 6. The number of hydrogen-bond donors (Lipinski definition) is 2. The third kappa shape index (κ3) is 3.34. The van der Waals surface area contributed by atoms with Gasteiger partial charge in [0.05, 0.1) is 29.0 Å². The lowest BCUT2D eigenvalue weighted by Crippen LogP contribution is -2.50. The summed E-state index contributed by atoms with van der Waals surface area (Å²) in [4.78, 5) is 18.6. The van der Waals surface area contributed by atoms with Gasteiger partial charge in [0, 0.05) is 17.0 Å². The van der Waals surface area contributed by atoms with E-state index in [1.54, 1.807) is 16.7 Å². The number of benzene rings is 2. The summed E-state index contributed by atoms with van der Waals surface area (Å²) in [6, 6.07) is 9.16. The fourth-order valence-corrected chi connectivity index (χ4v) is 5.56. The van der Waals surface area contributed by atoms with Crippen LogP contribution >= 0.6 is 0 Å². The standard InChI is InChI=1S/C29H22F2N4O4/c1-2-29(33)19-9-23-26-17(11-35(23)27(36)18(19)12-37-28(29)32)15(5-3-14-4-6-20(30)21(31)7-14)16-8-24-25(39-13-38-24)10-22(16)34-26/h3-10,32H,2,11-13,33H2,1H3/b5-3+,32-28?/t29-/m0/s1. The van der Waals surface area contributed by atoms with E-state index < -0.39 is 17.2 Å². The van der Waals surface area contributed by atoms with Gasteiger partial charge in [0.15, 0.2) is 23.1 Å². The van der Waals surface area contributed by atoms with Crippen LogP contribution in [-0.2, 0) is 23.4 Å². The maximum Gasteiger partial charge on any atom is 0.258 e. The second-order valence-electron chi connectivity index (χ2n) is 9.84. The molecule has 39 heavy (non-hydrogen) atoms. The van der Waals surface area contributed by atoms with Crippen LogP contribution in [0.2, 0.25) is 0 Å². The summed E-state index contributed by atoms with van der Waals surface area (Å²) in [7, 11) is 0. The maximum absolute atomic E-state index is 13.9. The van der Waals surface area contributed by atoms with Crippen LogP contribution in [0.5, 0.6) is 11.5 Å². The molecule has 4 aromatic rings. The van der Waals surface area contributed by atoms with E-state index in [-0.39, 0.29) is 31.4 Å². The molecule has 3 N–H and O–H groups in total. The minimum atomic E-state index is -1.22. The Morgan fingerprint density at radius 2 is 1.87 bits per heavy atom. The molecule has 7 rings (SSSR count). The molecular weight excluding hydrogens is 506 g/mol. The van der Waals surface area contributed by atoms with Crippen molar-refractivity contribution in [3.63, 3.8) is 0 Å². The van der Waals surface area contributed by atoms with Gasteiger partial charge in [-0.1, -0.05) is 25.1 Å². The molecule has 2 aromatic carbocycles. The van der Waals surface area contributed by atoms with E-state index in [4.69, 9.17) is 30.3 Å². The Labute approximate surface area is 220 Å². The Morgan fingerprint density at radius 1 is 1.08 bits per heavy atom. The number of nitrogens with one attached hydrogen (secondary N) is 1. The Bertz CT molecular complexity index is 1850. The predicted molar refractivity (Wildman–Crippen MR) is 141 cm³/mol. The molecule has 5 heterocycles. The normalized spacial score (nSPS) is 18.8. The average molecular weight is 529 g/mol. The summed E-state index contributed by atoms with van der Waals surface area (Å²) in [5, 5.41) is 9.07.